The number of anilines is 2. The van der Waals surface area contributed by atoms with Crippen LogP contribution in [-0.4, -0.2) is 54.2 Å². The number of amides is 3. The fraction of sp³-hybridized carbons (Fsp3) is 0.370. The molecule has 1 saturated carbocycles. The van der Waals surface area contributed by atoms with E-state index >= 15 is 0 Å². The van der Waals surface area contributed by atoms with E-state index in [2.05, 4.69) is 47.8 Å². The van der Waals surface area contributed by atoms with Crippen LogP contribution in [-0.2, 0) is 17.8 Å². The first-order valence-electron chi connectivity index (χ1n) is 12.9. The normalized spacial score (nSPS) is 13.1. The molecule has 0 aromatic carbocycles. The minimum Gasteiger partial charge on any atom is -0.481 e. The van der Waals surface area contributed by atoms with Crippen LogP contribution in [0.1, 0.15) is 56.6 Å². The number of fused-ring (bicyclic) bond motifs is 1. The molecule has 0 aliphatic heterocycles. The van der Waals surface area contributed by atoms with Crippen molar-refractivity contribution >= 4 is 29.4 Å². The van der Waals surface area contributed by atoms with Crippen molar-refractivity contribution in [3.63, 3.8) is 0 Å². The summed E-state index contributed by atoms with van der Waals surface area (Å²) in [4.78, 5) is 48.5. The predicted octanol–water partition coefficient (Wildman–Crippen LogP) is 4.06. The van der Waals surface area contributed by atoms with Gasteiger partial charge in [-0.1, -0.05) is 6.07 Å². The highest BCUT2D eigenvalue weighted by atomic mass is 16.6. The number of nitrogens with zero attached hydrogens (tertiary/aromatic N) is 7. The summed E-state index contributed by atoms with van der Waals surface area (Å²) in [5.41, 5.74) is 1.99. The van der Waals surface area contributed by atoms with E-state index in [0.29, 0.717) is 23.3 Å². The predicted molar refractivity (Wildman–Crippen MR) is 146 cm³/mol. The second kappa shape index (κ2) is 11.1. The molecule has 2 N–H and O–H groups in total. The second-order valence-electron chi connectivity index (χ2n) is 10.4. The average Bonchev–Trinajstić information content (AvgIpc) is 3.69. The molecule has 5 rings (SSSR count). The highest BCUT2D eigenvalue weighted by Gasteiger charge is 2.27. The largest absolute Gasteiger partial charge is 0.481 e. The summed E-state index contributed by atoms with van der Waals surface area (Å²) >= 11 is 0. The first-order chi connectivity index (χ1) is 19.2. The van der Waals surface area contributed by atoms with Gasteiger partial charge in [0.05, 0.1) is 25.9 Å². The summed E-state index contributed by atoms with van der Waals surface area (Å²) < 4.78 is 12.7. The molecule has 0 radical (unpaired) electrons. The summed E-state index contributed by atoms with van der Waals surface area (Å²) in [6, 6.07) is 6.65. The maximum Gasteiger partial charge on any atom is 0.416 e. The number of carbonyl (C=O) groups is 2. The molecule has 13 nitrogen and oxygen atoms in total. The topological polar surface area (TPSA) is 149 Å². The van der Waals surface area contributed by atoms with Crippen molar-refractivity contribution in [2.75, 3.05) is 17.3 Å². The monoisotopic (exact) mass is 545 g/mol. The van der Waals surface area contributed by atoms with E-state index in [1.54, 1.807) is 26.8 Å². The number of imidazole rings is 1. The molecule has 0 saturated heterocycles. The Bertz CT molecular complexity index is 1530. The molecule has 4 aromatic heterocycles. The molecule has 1 fully saturated rings. The van der Waals surface area contributed by atoms with Gasteiger partial charge in [0.1, 0.15) is 29.2 Å². The van der Waals surface area contributed by atoms with Gasteiger partial charge in [-0.05, 0) is 51.2 Å². The van der Waals surface area contributed by atoms with Crippen molar-refractivity contribution < 1.29 is 19.1 Å². The van der Waals surface area contributed by atoms with Crippen molar-refractivity contribution in [2.24, 2.45) is 0 Å². The van der Waals surface area contributed by atoms with Gasteiger partial charge in [0, 0.05) is 30.7 Å². The van der Waals surface area contributed by atoms with E-state index in [-0.39, 0.29) is 24.7 Å². The summed E-state index contributed by atoms with van der Waals surface area (Å²) in [7, 11) is 1.50. The number of rotatable bonds is 8. The molecule has 0 atom stereocenters. The van der Waals surface area contributed by atoms with Crippen molar-refractivity contribution in [2.45, 2.75) is 58.2 Å². The van der Waals surface area contributed by atoms with Gasteiger partial charge in [-0.25, -0.2) is 29.5 Å². The smallest absolute Gasteiger partial charge is 0.416 e. The lowest BCUT2D eigenvalue weighted by molar-refractivity contribution is 0.0576. The van der Waals surface area contributed by atoms with E-state index in [9.17, 15) is 9.59 Å². The number of hydrogen-bond acceptors (Lipinski definition) is 9. The zero-order valence-electron chi connectivity index (χ0n) is 22.8. The van der Waals surface area contributed by atoms with Gasteiger partial charge in [0.25, 0.3) is 0 Å². The number of ether oxygens (including phenoxy) is 2. The first-order valence-corrected chi connectivity index (χ1v) is 12.9. The Morgan fingerprint density at radius 1 is 1.10 bits per heavy atom. The summed E-state index contributed by atoms with van der Waals surface area (Å²) in [5.74, 6) is 1.81. The van der Waals surface area contributed by atoms with Gasteiger partial charge in [-0.15, -0.1) is 0 Å². The van der Waals surface area contributed by atoms with Crippen molar-refractivity contribution in [3.05, 3.63) is 66.3 Å². The standard InChI is InChI=1S/C27H31N9O4/c1-27(2,3)40-26(38)36(15-19-14-35-13-18(17-5-6-17)7-8-22(35)32-19)23-11-20(30-16-31-23)34-25(37)29-12-21-28-10-9-24(33-21)39-4/h7-11,13-14,16-17H,5-6,12,15H2,1-4H3,(H2,29,30,31,34,37). The van der Waals surface area contributed by atoms with Crippen LogP contribution in [0.25, 0.3) is 5.65 Å². The Kier molecular flexibility index (Phi) is 7.45. The fourth-order valence-electron chi connectivity index (χ4n) is 3.98. The van der Waals surface area contributed by atoms with Crippen LogP contribution < -0.4 is 20.3 Å². The molecule has 0 unspecified atom stereocenters. The number of pyridine rings is 1. The van der Waals surface area contributed by atoms with Gasteiger partial charge in [0.2, 0.25) is 5.88 Å². The average molecular weight is 546 g/mol. The van der Waals surface area contributed by atoms with Crippen LogP contribution in [0.3, 0.4) is 0 Å². The number of hydrogen-bond donors (Lipinski definition) is 2. The quantitative estimate of drug-likeness (QED) is 0.334. The highest BCUT2D eigenvalue weighted by molar-refractivity contribution is 5.90. The molecule has 4 heterocycles. The maximum absolute atomic E-state index is 13.3. The molecule has 40 heavy (non-hydrogen) atoms. The first kappa shape index (κ1) is 26.8. The van der Waals surface area contributed by atoms with Crippen molar-refractivity contribution in [1.29, 1.82) is 0 Å². The molecule has 208 valence electrons. The zero-order valence-corrected chi connectivity index (χ0v) is 22.8. The van der Waals surface area contributed by atoms with E-state index in [1.807, 2.05) is 16.7 Å². The van der Waals surface area contributed by atoms with Crippen molar-refractivity contribution in [3.8, 4) is 5.88 Å². The van der Waals surface area contributed by atoms with Crippen LogP contribution in [0.4, 0.5) is 21.2 Å². The molecule has 4 aromatic rings. The Labute approximate surface area is 231 Å². The molecule has 0 bridgehead atoms. The lowest BCUT2D eigenvalue weighted by atomic mass is 10.2. The number of carbonyl (C=O) groups excluding carboxylic acids is 2. The van der Waals surface area contributed by atoms with Gasteiger partial charge in [0.15, 0.2) is 5.82 Å². The van der Waals surface area contributed by atoms with E-state index in [1.165, 1.54) is 49.0 Å². The maximum atomic E-state index is 13.3. The molecular formula is C27H31N9O4. The lowest BCUT2D eigenvalue weighted by Gasteiger charge is -2.26. The highest BCUT2D eigenvalue weighted by Crippen LogP contribution is 2.39. The molecule has 13 heteroatoms. The Hall–Kier alpha value is -4.81. The Balaban J connectivity index is 1.32. The summed E-state index contributed by atoms with van der Waals surface area (Å²) in [6.07, 6.45) is 8.59. The Morgan fingerprint density at radius 3 is 2.67 bits per heavy atom. The number of methoxy groups -OCH3 is 1. The van der Waals surface area contributed by atoms with Gasteiger partial charge < -0.3 is 19.2 Å². The molecule has 1 aliphatic rings. The third-order valence-corrected chi connectivity index (χ3v) is 5.97. The van der Waals surface area contributed by atoms with Crippen LogP contribution >= 0.6 is 0 Å². The minimum absolute atomic E-state index is 0.0708. The summed E-state index contributed by atoms with van der Waals surface area (Å²) in [6.45, 7) is 5.54. The SMILES string of the molecule is COc1ccnc(CNC(=O)Nc2cc(N(Cc3cn4cc(C5CC5)ccc4n3)C(=O)OC(C)(C)C)ncn2)n1. The minimum atomic E-state index is -0.733. The van der Waals surface area contributed by atoms with Gasteiger partial charge in [-0.3, -0.25) is 10.2 Å². The second-order valence-corrected chi connectivity index (χ2v) is 10.4. The van der Waals surface area contributed by atoms with Gasteiger partial charge >= 0.3 is 12.1 Å². The Morgan fingerprint density at radius 2 is 1.93 bits per heavy atom. The van der Waals surface area contributed by atoms with Crippen LogP contribution in [0, 0.1) is 0 Å². The lowest BCUT2D eigenvalue weighted by Crippen LogP contribution is -2.37. The molecular weight excluding hydrogens is 514 g/mol. The van der Waals surface area contributed by atoms with Crippen LogP contribution in [0.2, 0.25) is 0 Å². The van der Waals surface area contributed by atoms with Crippen LogP contribution in [0.15, 0.2) is 49.2 Å². The molecule has 3 amide bonds. The fourth-order valence-corrected chi connectivity index (χ4v) is 3.98. The summed E-state index contributed by atoms with van der Waals surface area (Å²) in [5, 5.41) is 5.31. The zero-order chi connectivity index (χ0) is 28.3. The third-order valence-electron chi connectivity index (χ3n) is 5.97. The van der Waals surface area contributed by atoms with Crippen molar-refractivity contribution in [1.82, 2.24) is 34.6 Å². The van der Waals surface area contributed by atoms with Gasteiger partial charge in [-0.2, -0.15) is 4.98 Å². The number of urea groups is 1. The van der Waals surface area contributed by atoms with E-state index in [4.69, 9.17) is 9.47 Å². The third kappa shape index (κ3) is 6.79. The van der Waals surface area contributed by atoms with E-state index in [0.717, 1.165) is 5.65 Å². The molecule has 1 aliphatic carbocycles. The van der Waals surface area contributed by atoms with Crippen LogP contribution in [0.5, 0.6) is 5.88 Å². The van der Waals surface area contributed by atoms with E-state index < -0.39 is 17.7 Å². The number of nitrogens with one attached hydrogen (secondary N) is 2. The number of aromatic nitrogens is 6. The molecule has 0 spiro atoms.